The first kappa shape index (κ1) is 34.4. The standard InChI is InChI=1S/C39H60FNO4/c1-25(2)28-14-22-39(41-23-33(42)43)21-11-26(3)36(6)18-16-31-35(4,5)29(27-12-19-38(24-40,20-13-27)34(44)45)15-17-37(31,7)32(36)10-8-9-30(28)39/h12,15,26,28,30-32,41H,1,8-11,13-14,16-24H2,2-7H3,(H,42,43)(H,44,45). The number of hydrogen-bond acceptors (Lipinski definition) is 3. The largest absolute Gasteiger partial charge is 0.481 e. The Balaban J connectivity index is 1.45. The SMILES string of the molecule is C=C(C)C1CCC2(NCC(=O)O)CCC(C)C3(C)CCC4C(C)(C)C(C5=CCC(CF)(C(=O)O)CC5)=CCC4(C)C3CCCC12. The van der Waals surface area contributed by atoms with Crippen LogP contribution in [0.3, 0.4) is 0 Å². The lowest BCUT2D eigenvalue weighted by atomic mass is 9.40. The molecule has 3 saturated carbocycles. The van der Waals surface area contributed by atoms with Crippen LogP contribution in [-0.2, 0) is 9.59 Å². The van der Waals surface area contributed by atoms with E-state index in [0.29, 0.717) is 42.4 Å². The van der Waals surface area contributed by atoms with Gasteiger partial charge in [-0.05, 0) is 141 Å². The van der Waals surface area contributed by atoms with E-state index in [2.05, 4.69) is 65.6 Å². The van der Waals surface area contributed by atoms with Gasteiger partial charge in [0.15, 0.2) is 0 Å². The molecule has 3 N–H and O–H groups in total. The van der Waals surface area contributed by atoms with E-state index in [0.717, 1.165) is 44.9 Å². The van der Waals surface area contributed by atoms with Crippen molar-refractivity contribution in [3.05, 3.63) is 35.5 Å². The Hall–Kier alpha value is -1.95. The molecule has 9 atom stereocenters. The van der Waals surface area contributed by atoms with E-state index >= 15 is 0 Å². The van der Waals surface area contributed by atoms with Gasteiger partial charge in [0.05, 0.1) is 12.0 Å². The van der Waals surface area contributed by atoms with Gasteiger partial charge in [-0.3, -0.25) is 9.59 Å². The molecule has 0 radical (unpaired) electrons. The van der Waals surface area contributed by atoms with E-state index < -0.39 is 24.0 Å². The van der Waals surface area contributed by atoms with E-state index in [-0.39, 0.29) is 34.7 Å². The average Bonchev–Trinajstić information content (AvgIpc) is 3.34. The first-order chi connectivity index (χ1) is 21.1. The van der Waals surface area contributed by atoms with Gasteiger partial charge in [0.2, 0.25) is 0 Å². The maximum absolute atomic E-state index is 13.9. The average molecular weight is 626 g/mol. The van der Waals surface area contributed by atoms with E-state index in [4.69, 9.17) is 0 Å². The molecular formula is C39H60FNO4. The molecule has 0 bridgehead atoms. The van der Waals surface area contributed by atoms with E-state index in [1.54, 1.807) is 0 Å². The number of carboxylic acids is 2. The molecule has 0 spiro atoms. The van der Waals surface area contributed by atoms with Crippen molar-refractivity contribution in [2.24, 2.45) is 51.2 Å². The van der Waals surface area contributed by atoms with Crippen LogP contribution in [0.4, 0.5) is 4.39 Å². The first-order valence-electron chi connectivity index (χ1n) is 17.9. The van der Waals surface area contributed by atoms with Crippen molar-refractivity contribution in [1.82, 2.24) is 5.32 Å². The Morgan fingerprint density at radius 1 is 0.933 bits per heavy atom. The Bertz CT molecular complexity index is 1250. The third-order valence-corrected chi connectivity index (χ3v) is 14.8. The van der Waals surface area contributed by atoms with E-state index in [9.17, 15) is 24.2 Å². The van der Waals surface area contributed by atoms with E-state index in [1.165, 1.54) is 36.0 Å². The highest BCUT2D eigenvalue weighted by atomic mass is 19.1. The quantitative estimate of drug-likeness (QED) is 0.246. The third-order valence-electron chi connectivity index (χ3n) is 14.8. The second kappa shape index (κ2) is 12.3. The molecular weight excluding hydrogens is 565 g/mol. The van der Waals surface area contributed by atoms with Gasteiger partial charge in [-0.15, -0.1) is 0 Å². The predicted octanol–water partition coefficient (Wildman–Crippen LogP) is 9.15. The molecule has 5 nitrogen and oxygen atoms in total. The number of alkyl halides is 1. The maximum Gasteiger partial charge on any atom is 0.317 e. The minimum atomic E-state index is -1.26. The molecule has 0 aromatic carbocycles. The fourth-order valence-corrected chi connectivity index (χ4v) is 12.0. The number of hydrogen-bond donors (Lipinski definition) is 3. The Morgan fingerprint density at radius 2 is 1.64 bits per heavy atom. The number of nitrogens with one attached hydrogen (secondary N) is 1. The van der Waals surface area contributed by atoms with Gasteiger partial charge in [0.25, 0.3) is 0 Å². The second-order valence-corrected chi connectivity index (χ2v) is 17.2. The summed E-state index contributed by atoms with van der Waals surface area (Å²) in [6.45, 7) is 18.2. The molecule has 0 heterocycles. The third kappa shape index (κ3) is 5.67. The van der Waals surface area contributed by atoms with Crippen molar-refractivity contribution in [3.63, 3.8) is 0 Å². The summed E-state index contributed by atoms with van der Waals surface area (Å²) < 4.78 is 13.9. The number of allylic oxidation sites excluding steroid dienone is 5. The van der Waals surface area contributed by atoms with Gasteiger partial charge in [-0.2, -0.15) is 0 Å². The smallest absolute Gasteiger partial charge is 0.317 e. The molecule has 3 fully saturated rings. The number of carboxylic acid groups (broad SMARTS) is 2. The molecule has 9 unspecified atom stereocenters. The lowest BCUT2D eigenvalue weighted by Gasteiger charge is -2.64. The van der Waals surface area contributed by atoms with Crippen molar-refractivity contribution < 1.29 is 24.2 Å². The highest BCUT2D eigenvalue weighted by Crippen LogP contribution is 2.68. The van der Waals surface area contributed by atoms with Gasteiger partial charge in [-0.1, -0.05) is 65.3 Å². The minimum absolute atomic E-state index is 0.0265. The molecule has 5 rings (SSSR count). The first-order valence-corrected chi connectivity index (χ1v) is 17.9. The molecule has 0 aliphatic heterocycles. The van der Waals surface area contributed by atoms with Crippen molar-refractivity contribution in [2.75, 3.05) is 13.2 Å². The maximum atomic E-state index is 13.9. The highest BCUT2D eigenvalue weighted by molar-refractivity contribution is 5.75. The molecule has 0 amide bonds. The Morgan fingerprint density at radius 3 is 2.24 bits per heavy atom. The van der Waals surface area contributed by atoms with Crippen LogP contribution in [0.2, 0.25) is 0 Å². The van der Waals surface area contributed by atoms with Crippen molar-refractivity contribution in [1.29, 1.82) is 0 Å². The van der Waals surface area contributed by atoms with Gasteiger partial charge in [0, 0.05) is 5.54 Å². The summed E-state index contributed by atoms with van der Waals surface area (Å²) in [7, 11) is 0. The molecule has 5 aliphatic carbocycles. The van der Waals surface area contributed by atoms with Crippen molar-refractivity contribution in [3.8, 4) is 0 Å². The summed E-state index contributed by atoms with van der Waals surface area (Å²) in [5.74, 6) is 0.735. The number of aliphatic carboxylic acids is 2. The fraction of sp³-hybridized carbons (Fsp3) is 0.795. The van der Waals surface area contributed by atoms with Crippen molar-refractivity contribution >= 4 is 11.9 Å². The zero-order chi connectivity index (χ0) is 33.0. The Kier molecular flexibility index (Phi) is 9.36. The summed E-state index contributed by atoms with van der Waals surface area (Å²) in [4.78, 5) is 23.6. The second-order valence-electron chi connectivity index (χ2n) is 17.2. The number of fused-ring (bicyclic) bond motifs is 4. The minimum Gasteiger partial charge on any atom is -0.481 e. The van der Waals surface area contributed by atoms with Crippen LogP contribution in [0, 0.1) is 51.2 Å². The van der Waals surface area contributed by atoms with Gasteiger partial charge < -0.3 is 15.5 Å². The topological polar surface area (TPSA) is 86.6 Å². The van der Waals surface area contributed by atoms with Crippen LogP contribution in [0.5, 0.6) is 0 Å². The van der Waals surface area contributed by atoms with Crippen LogP contribution in [-0.4, -0.2) is 40.9 Å². The summed E-state index contributed by atoms with van der Waals surface area (Å²) in [6, 6.07) is 0. The van der Waals surface area contributed by atoms with Crippen LogP contribution < -0.4 is 5.32 Å². The summed E-state index contributed by atoms with van der Waals surface area (Å²) in [5.41, 5.74) is 2.82. The fourth-order valence-electron chi connectivity index (χ4n) is 12.0. The van der Waals surface area contributed by atoms with Crippen molar-refractivity contribution in [2.45, 2.75) is 131 Å². The lowest BCUT2D eigenvalue weighted by Crippen LogP contribution is -2.57. The highest BCUT2D eigenvalue weighted by Gasteiger charge is 2.60. The lowest BCUT2D eigenvalue weighted by molar-refractivity contribution is -0.150. The summed E-state index contributed by atoms with van der Waals surface area (Å²) in [6.07, 6.45) is 17.0. The normalized spacial score (nSPS) is 43.1. The zero-order valence-corrected chi connectivity index (χ0v) is 28.9. The predicted molar refractivity (Wildman–Crippen MR) is 179 cm³/mol. The van der Waals surface area contributed by atoms with Crippen LogP contribution in [0.1, 0.15) is 125 Å². The molecule has 252 valence electrons. The van der Waals surface area contributed by atoms with Gasteiger partial charge in [-0.25, -0.2) is 4.39 Å². The van der Waals surface area contributed by atoms with E-state index in [1.807, 2.05) is 0 Å². The molecule has 6 heteroatoms. The molecule has 5 aliphatic rings. The van der Waals surface area contributed by atoms with Crippen LogP contribution in [0.25, 0.3) is 0 Å². The number of carbonyl (C=O) groups is 2. The number of halogens is 1. The summed E-state index contributed by atoms with van der Waals surface area (Å²) in [5, 5.41) is 23.0. The monoisotopic (exact) mass is 625 g/mol. The Labute approximate surface area is 271 Å². The molecule has 0 aromatic heterocycles. The number of rotatable bonds is 7. The molecule has 45 heavy (non-hydrogen) atoms. The summed E-state index contributed by atoms with van der Waals surface area (Å²) >= 11 is 0. The molecule has 0 saturated heterocycles. The molecule has 0 aromatic rings. The zero-order valence-electron chi connectivity index (χ0n) is 28.9. The van der Waals surface area contributed by atoms with Gasteiger partial charge >= 0.3 is 11.9 Å². The van der Waals surface area contributed by atoms with Gasteiger partial charge in [0.1, 0.15) is 6.67 Å². The van der Waals surface area contributed by atoms with Crippen LogP contribution in [0.15, 0.2) is 35.5 Å². The van der Waals surface area contributed by atoms with Crippen LogP contribution >= 0.6 is 0 Å².